The lowest BCUT2D eigenvalue weighted by Crippen LogP contribution is -2.19. The SMILES string of the molecule is Cc1cc(C)c2c(N)c(C(=O)Nc3sc4c(c3C(N)=O)CCC(c3ccccc3)C4)sc2n1. The fourth-order valence-corrected chi connectivity index (χ4v) is 7.18. The van der Waals surface area contributed by atoms with E-state index in [1.807, 2.05) is 38.1 Å². The monoisotopic (exact) mass is 476 g/mol. The van der Waals surface area contributed by atoms with Crippen LogP contribution in [-0.4, -0.2) is 16.8 Å². The number of primary amides is 1. The molecule has 3 aromatic heterocycles. The Morgan fingerprint density at radius 3 is 2.64 bits per heavy atom. The van der Waals surface area contributed by atoms with Crippen LogP contribution < -0.4 is 16.8 Å². The number of thiophene rings is 2. The minimum atomic E-state index is -0.515. The molecule has 1 aliphatic rings. The smallest absolute Gasteiger partial charge is 0.268 e. The summed E-state index contributed by atoms with van der Waals surface area (Å²) >= 11 is 2.71. The number of nitrogens with zero attached hydrogens (tertiary/aromatic N) is 1. The van der Waals surface area contributed by atoms with Crippen LogP contribution in [-0.2, 0) is 12.8 Å². The van der Waals surface area contributed by atoms with Crippen LogP contribution in [0.15, 0.2) is 36.4 Å². The minimum absolute atomic E-state index is 0.340. The standard InChI is InChI=1S/C25H24N4O2S2/c1-12-10-13(2)28-24-18(12)20(26)21(33-24)23(31)29-25-19(22(27)30)16-9-8-15(11-17(16)32-25)14-6-4-3-5-7-14/h3-7,10,15H,8-9,11,26H2,1-2H3,(H2,27,30)(H,29,31). The van der Waals surface area contributed by atoms with E-state index >= 15 is 0 Å². The number of amides is 2. The Labute approximate surface area is 199 Å². The van der Waals surface area contributed by atoms with Gasteiger partial charge in [-0.2, -0.15) is 0 Å². The van der Waals surface area contributed by atoms with Crippen LogP contribution in [0.25, 0.3) is 10.2 Å². The summed E-state index contributed by atoms with van der Waals surface area (Å²) in [6.07, 6.45) is 2.52. The number of pyridine rings is 1. The summed E-state index contributed by atoms with van der Waals surface area (Å²) in [6.45, 7) is 3.88. The van der Waals surface area contributed by atoms with Gasteiger partial charge in [0.1, 0.15) is 14.7 Å². The first-order valence-corrected chi connectivity index (χ1v) is 12.4. The molecule has 168 valence electrons. The van der Waals surface area contributed by atoms with Crippen molar-refractivity contribution in [3.8, 4) is 0 Å². The molecule has 0 bridgehead atoms. The number of anilines is 2. The lowest BCUT2D eigenvalue weighted by molar-refractivity contribution is 0.100. The van der Waals surface area contributed by atoms with Gasteiger partial charge in [-0.15, -0.1) is 22.7 Å². The topological polar surface area (TPSA) is 111 Å². The Hall–Kier alpha value is -3.23. The molecular weight excluding hydrogens is 452 g/mol. The summed E-state index contributed by atoms with van der Waals surface area (Å²) in [5.41, 5.74) is 17.1. The second-order valence-corrected chi connectivity index (χ2v) is 10.6. The summed E-state index contributed by atoms with van der Waals surface area (Å²) in [6, 6.07) is 12.3. The lowest BCUT2D eigenvalue weighted by atomic mass is 9.83. The van der Waals surface area contributed by atoms with Gasteiger partial charge in [-0.1, -0.05) is 30.3 Å². The molecule has 1 aromatic carbocycles. The van der Waals surface area contributed by atoms with Crippen molar-refractivity contribution in [2.24, 2.45) is 5.73 Å². The number of hydrogen-bond donors (Lipinski definition) is 3. The highest BCUT2D eigenvalue weighted by Gasteiger charge is 2.30. The molecule has 3 heterocycles. The second-order valence-electron chi connectivity index (χ2n) is 8.48. The number of nitrogens with two attached hydrogens (primary N) is 2. The maximum Gasteiger partial charge on any atom is 0.268 e. The molecule has 2 amide bonds. The molecule has 0 spiro atoms. The number of fused-ring (bicyclic) bond motifs is 2. The van der Waals surface area contributed by atoms with Crippen LogP contribution in [0.2, 0.25) is 0 Å². The quantitative estimate of drug-likeness (QED) is 0.377. The van der Waals surface area contributed by atoms with Crippen LogP contribution in [0.5, 0.6) is 0 Å². The summed E-state index contributed by atoms with van der Waals surface area (Å²) in [7, 11) is 0. The Balaban J connectivity index is 1.48. The van der Waals surface area contributed by atoms with Gasteiger partial charge < -0.3 is 16.8 Å². The number of aromatic nitrogens is 1. The molecule has 0 saturated heterocycles. The van der Waals surface area contributed by atoms with Crippen molar-refractivity contribution in [1.82, 2.24) is 4.98 Å². The summed E-state index contributed by atoms with van der Waals surface area (Å²) in [4.78, 5) is 32.4. The zero-order valence-corrected chi connectivity index (χ0v) is 20.0. The van der Waals surface area contributed by atoms with Gasteiger partial charge in [0, 0.05) is 16.0 Å². The molecule has 5 N–H and O–H groups in total. The molecule has 1 aliphatic carbocycles. The normalized spacial score (nSPS) is 15.4. The number of nitrogen functional groups attached to an aromatic ring is 1. The molecule has 1 atom stereocenters. The molecular formula is C25H24N4O2S2. The van der Waals surface area contributed by atoms with Crippen LogP contribution in [0.3, 0.4) is 0 Å². The van der Waals surface area contributed by atoms with Crippen molar-refractivity contribution < 1.29 is 9.59 Å². The first-order valence-electron chi connectivity index (χ1n) is 10.8. The van der Waals surface area contributed by atoms with Crippen LogP contribution in [0.4, 0.5) is 10.7 Å². The fraction of sp³-hybridized carbons (Fsp3) is 0.240. The highest BCUT2D eigenvalue weighted by Crippen LogP contribution is 2.43. The predicted molar refractivity (Wildman–Crippen MR) is 136 cm³/mol. The first kappa shape index (κ1) is 21.6. The van der Waals surface area contributed by atoms with Gasteiger partial charge in [0.15, 0.2) is 0 Å². The van der Waals surface area contributed by atoms with E-state index in [1.165, 1.54) is 28.2 Å². The fourth-order valence-electron chi connectivity index (χ4n) is 4.74. The minimum Gasteiger partial charge on any atom is -0.397 e. The third-order valence-corrected chi connectivity index (χ3v) is 8.51. The van der Waals surface area contributed by atoms with E-state index in [-0.39, 0.29) is 5.91 Å². The Morgan fingerprint density at radius 2 is 1.91 bits per heavy atom. The third kappa shape index (κ3) is 3.79. The Morgan fingerprint density at radius 1 is 1.15 bits per heavy atom. The maximum absolute atomic E-state index is 13.2. The molecule has 0 saturated carbocycles. The third-order valence-electron chi connectivity index (χ3n) is 6.24. The van der Waals surface area contributed by atoms with Crippen molar-refractivity contribution in [3.63, 3.8) is 0 Å². The van der Waals surface area contributed by atoms with E-state index in [0.29, 0.717) is 27.0 Å². The molecule has 0 aliphatic heterocycles. The summed E-state index contributed by atoms with van der Waals surface area (Å²) in [5, 5.41) is 4.25. The van der Waals surface area contributed by atoms with Crippen molar-refractivity contribution >= 4 is 55.4 Å². The van der Waals surface area contributed by atoms with E-state index < -0.39 is 5.91 Å². The largest absolute Gasteiger partial charge is 0.397 e. The van der Waals surface area contributed by atoms with E-state index in [9.17, 15) is 9.59 Å². The number of carbonyl (C=O) groups is 2. The average molecular weight is 477 g/mol. The number of aryl methyl sites for hydroxylation is 2. The van der Waals surface area contributed by atoms with Gasteiger partial charge in [-0.05, 0) is 61.8 Å². The number of carbonyl (C=O) groups excluding carboxylic acids is 2. The van der Waals surface area contributed by atoms with Gasteiger partial charge in [-0.25, -0.2) is 4.98 Å². The number of hydrogen-bond acceptors (Lipinski definition) is 6. The number of nitrogens with one attached hydrogen (secondary N) is 1. The van der Waals surface area contributed by atoms with Crippen LogP contribution in [0.1, 0.15) is 59.6 Å². The van der Waals surface area contributed by atoms with Crippen LogP contribution >= 0.6 is 22.7 Å². The van der Waals surface area contributed by atoms with E-state index in [1.54, 1.807) is 0 Å². The van der Waals surface area contributed by atoms with Gasteiger partial charge in [0.25, 0.3) is 11.8 Å². The Kier molecular flexibility index (Phi) is 5.42. The molecule has 0 radical (unpaired) electrons. The van der Waals surface area contributed by atoms with Crippen molar-refractivity contribution in [1.29, 1.82) is 0 Å². The zero-order chi connectivity index (χ0) is 23.3. The van der Waals surface area contributed by atoms with E-state index in [4.69, 9.17) is 11.5 Å². The zero-order valence-electron chi connectivity index (χ0n) is 18.4. The summed E-state index contributed by atoms with van der Waals surface area (Å²) in [5.74, 6) is -0.469. The van der Waals surface area contributed by atoms with Crippen molar-refractivity contribution in [3.05, 3.63) is 74.1 Å². The predicted octanol–water partition coefficient (Wildman–Crippen LogP) is 5.18. The molecule has 5 rings (SSSR count). The summed E-state index contributed by atoms with van der Waals surface area (Å²) < 4.78 is 0. The molecule has 8 heteroatoms. The molecule has 1 unspecified atom stereocenters. The number of rotatable bonds is 4. The highest BCUT2D eigenvalue weighted by atomic mass is 32.1. The van der Waals surface area contributed by atoms with Crippen molar-refractivity contribution in [2.45, 2.75) is 39.0 Å². The van der Waals surface area contributed by atoms with E-state index in [2.05, 4.69) is 22.4 Å². The van der Waals surface area contributed by atoms with Gasteiger partial charge in [-0.3, -0.25) is 9.59 Å². The highest BCUT2D eigenvalue weighted by molar-refractivity contribution is 7.21. The molecule has 4 aromatic rings. The lowest BCUT2D eigenvalue weighted by Gasteiger charge is -2.22. The van der Waals surface area contributed by atoms with E-state index in [0.717, 1.165) is 51.2 Å². The van der Waals surface area contributed by atoms with Crippen molar-refractivity contribution in [2.75, 3.05) is 11.1 Å². The Bertz CT molecular complexity index is 1410. The molecule has 33 heavy (non-hydrogen) atoms. The first-order chi connectivity index (χ1) is 15.8. The molecule has 6 nitrogen and oxygen atoms in total. The molecule has 0 fully saturated rings. The van der Waals surface area contributed by atoms with Gasteiger partial charge in [0.05, 0.1) is 11.3 Å². The van der Waals surface area contributed by atoms with Gasteiger partial charge in [0.2, 0.25) is 0 Å². The van der Waals surface area contributed by atoms with Gasteiger partial charge >= 0.3 is 0 Å². The average Bonchev–Trinajstić information content (AvgIpc) is 3.30. The second kappa shape index (κ2) is 8.28. The van der Waals surface area contributed by atoms with Crippen LogP contribution in [0, 0.1) is 13.8 Å². The number of benzene rings is 1. The maximum atomic E-state index is 13.2.